The number of imide groups is 1. The van der Waals surface area contributed by atoms with E-state index in [1.807, 2.05) is 0 Å². The summed E-state index contributed by atoms with van der Waals surface area (Å²) in [6.07, 6.45) is 1.82. The Morgan fingerprint density at radius 2 is 2.14 bits per heavy atom. The van der Waals surface area contributed by atoms with Crippen LogP contribution >= 0.6 is 11.6 Å². The minimum absolute atomic E-state index is 0.0433. The average molecular weight is 422 g/mol. The second-order valence-corrected chi connectivity index (χ2v) is 7.94. The molecule has 0 bridgehead atoms. The molecule has 29 heavy (non-hydrogen) atoms. The standard InChI is InChI=1S/C20H21ClFN3O4/c1-10-23-9-15(29-10)20(2,3)19(28)24-8-11-6-13(21)17(14(22)7-11)12-4-5-16(26)25-18(12)27/h6-7,9,12H,4-5,8H2,1-3H3,(H,24,28)(H,25,26,27). The molecule has 1 aliphatic rings. The smallest absolute Gasteiger partial charge is 0.234 e. The van der Waals surface area contributed by atoms with Gasteiger partial charge in [-0.05, 0) is 38.0 Å². The molecular weight excluding hydrogens is 401 g/mol. The predicted octanol–water partition coefficient (Wildman–Crippen LogP) is 2.89. The lowest BCUT2D eigenvalue weighted by molar-refractivity contribution is -0.134. The Morgan fingerprint density at radius 1 is 1.41 bits per heavy atom. The first-order chi connectivity index (χ1) is 13.6. The molecule has 3 rings (SSSR count). The lowest BCUT2D eigenvalue weighted by atomic mass is 9.89. The number of halogens is 2. The minimum Gasteiger partial charge on any atom is -0.445 e. The maximum Gasteiger partial charge on any atom is 0.234 e. The van der Waals surface area contributed by atoms with Crippen LogP contribution in [0.2, 0.25) is 5.02 Å². The Hall–Kier alpha value is -2.74. The van der Waals surface area contributed by atoms with Crippen molar-refractivity contribution in [3.05, 3.63) is 51.9 Å². The molecule has 154 valence electrons. The fourth-order valence-corrected chi connectivity index (χ4v) is 3.57. The van der Waals surface area contributed by atoms with E-state index in [-0.39, 0.29) is 41.8 Å². The SMILES string of the molecule is Cc1ncc(C(C)(C)C(=O)NCc2cc(F)c(C3CCC(=O)NC3=O)c(Cl)c2)o1. The zero-order chi connectivity index (χ0) is 21.3. The fraction of sp³-hybridized carbons (Fsp3) is 0.400. The van der Waals surface area contributed by atoms with Gasteiger partial charge in [-0.2, -0.15) is 0 Å². The third-order valence-corrected chi connectivity index (χ3v) is 5.30. The third kappa shape index (κ3) is 4.32. The van der Waals surface area contributed by atoms with Crippen molar-refractivity contribution in [2.24, 2.45) is 0 Å². The second-order valence-electron chi connectivity index (χ2n) is 7.53. The molecule has 7 nitrogen and oxygen atoms in total. The molecule has 1 saturated heterocycles. The van der Waals surface area contributed by atoms with Crippen LogP contribution in [0.4, 0.5) is 4.39 Å². The van der Waals surface area contributed by atoms with E-state index in [0.29, 0.717) is 17.2 Å². The summed E-state index contributed by atoms with van der Waals surface area (Å²) in [5, 5.41) is 5.01. The van der Waals surface area contributed by atoms with Crippen LogP contribution in [0.3, 0.4) is 0 Å². The van der Waals surface area contributed by atoms with E-state index in [0.717, 1.165) is 0 Å². The van der Waals surface area contributed by atoms with E-state index < -0.39 is 23.1 Å². The number of piperidine rings is 1. The van der Waals surface area contributed by atoms with E-state index >= 15 is 0 Å². The Kier molecular flexibility index (Phi) is 5.75. The monoisotopic (exact) mass is 421 g/mol. The largest absolute Gasteiger partial charge is 0.445 e. The number of nitrogens with one attached hydrogen (secondary N) is 2. The third-order valence-electron chi connectivity index (χ3n) is 4.98. The molecule has 0 aliphatic carbocycles. The first-order valence-electron chi connectivity index (χ1n) is 9.12. The van der Waals surface area contributed by atoms with Gasteiger partial charge in [-0.1, -0.05) is 11.6 Å². The fourth-order valence-electron chi connectivity index (χ4n) is 3.21. The Balaban J connectivity index is 1.73. The summed E-state index contributed by atoms with van der Waals surface area (Å²) in [5.41, 5.74) is -0.457. The summed E-state index contributed by atoms with van der Waals surface area (Å²) in [4.78, 5) is 39.9. The van der Waals surface area contributed by atoms with Gasteiger partial charge in [-0.25, -0.2) is 9.37 Å². The summed E-state index contributed by atoms with van der Waals surface area (Å²) in [6.45, 7) is 5.12. The number of hydrogen-bond donors (Lipinski definition) is 2. The molecule has 0 saturated carbocycles. The summed E-state index contributed by atoms with van der Waals surface area (Å²) >= 11 is 6.23. The van der Waals surface area contributed by atoms with Crippen LogP contribution in [0.15, 0.2) is 22.7 Å². The Bertz CT molecular complexity index is 963. The molecule has 2 aromatic rings. The first kappa shape index (κ1) is 21.0. The molecule has 1 unspecified atom stereocenters. The van der Waals surface area contributed by atoms with Gasteiger partial charge in [0.05, 0.1) is 12.1 Å². The molecule has 1 aromatic heterocycles. The van der Waals surface area contributed by atoms with Crippen LogP contribution in [0, 0.1) is 12.7 Å². The Morgan fingerprint density at radius 3 is 2.72 bits per heavy atom. The van der Waals surface area contributed by atoms with Gasteiger partial charge in [0.15, 0.2) is 5.89 Å². The lowest BCUT2D eigenvalue weighted by Crippen LogP contribution is -2.40. The highest BCUT2D eigenvalue weighted by Crippen LogP contribution is 2.33. The molecule has 2 heterocycles. The lowest BCUT2D eigenvalue weighted by Gasteiger charge is -2.23. The number of nitrogens with zero attached hydrogens (tertiary/aromatic N) is 1. The normalized spacial score (nSPS) is 17.2. The number of benzene rings is 1. The van der Waals surface area contributed by atoms with Gasteiger partial charge in [0.2, 0.25) is 17.7 Å². The van der Waals surface area contributed by atoms with Gasteiger partial charge in [0, 0.05) is 30.5 Å². The van der Waals surface area contributed by atoms with Gasteiger partial charge >= 0.3 is 0 Å². The van der Waals surface area contributed by atoms with Gasteiger partial charge in [-0.3, -0.25) is 19.7 Å². The van der Waals surface area contributed by atoms with E-state index in [9.17, 15) is 18.8 Å². The zero-order valence-corrected chi connectivity index (χ0v) is 17.0. The maximum absolute atomic E-state index is 14.7. The number of carbonyl (C=O) groups excluding carboxylic acids is 3. The number of oxazole rings is 1. The molecule has 1 aliphatic heterocycles. The van der Waals surface area contributed by atoms with E-state index in [2.05, 4.69) is 15.6 Å². The predicted molar refractivity (Wildman–Crippen MR) is 103 cm³/mol. The molecule has 2 N–H and O–H groups in total. The van der Waals surface area contributed by atoms with Gasteiger partial charge in [0.25, 0.3) is 0 Å². The van der Waals surface area contributed by atoms with Crippen LogP contribution in [-0.4, -0.2) is 22.7 Å². The second kappa shape index (κ2) is 7.94. The molecule has 0 spiro atoms. The highest BCUT2D eigenvalue weighted by molar-refractivity contribution is 6.31. The average Bonchev–Trinajstić information content (AvgIpc) is 3.08. The number of hydrogen-bond acceptors (Lipinski definition) is 5. The van der Waals surface area contributed by atoms with Crippen LogP contribution in [-0.2, 0) is 26.3 Å². The number of amides is 3. The van der Waals surface area contributed by atoms with Crippen LogP contribution in [0.1, 0.15) is 55.4 Å². The summed E-state index contributed by atoms with van der Waals surface area (Å²) < 4.78 is 20.2. The van der Waals surface area contributed by atoms with Gasteiger partial charge in [0.1, 0.15) is 17.0 Å². The van der Waals surface area contributed by atoms with Crippen molar-refractivity contribution in [3.63, 3.8) is 0 Å². The van der Waals surface area contributed by atoms with Crippen molar-refractivity contribution in [1.29, 1.82) is 0 Å². The number of carbonyl (C=O) groups is 3. The van der Waals surface area contributed by atoms with Crippen molar-refractivity contribution in [1.82, 2.24) is 15.6 Å². The summed E-state index contributed by atoms with van der Waals surface area (Å²) in [5.74, 6) is -1.86. The van der Waals surface area contributed by atoms with E-state index in [1.165, 1.54) is 18.3 Å². The molecule has 9 heteroatoms. The van der Waals surface area contributed by atoms with Crippen LogP contribution in [0.25, 0.3) is 0 Å². The first-order valence-corrected chi connectivity index (χ1v) is 9.50. The topological polar surface area (TPSA) is 101 Å². The number of aryl methyl sites for hydroxylation is 1. The van der Waals surface area contributed by atoms with Crippen molar-refractivity contribution in [3.8, 4) is 0 Å². The van der Waals surface area contributed by atoms with Crippen molar-refractivity contribution in [2.45, 2.75) is 51.5 Å². The van der Waals surface area contributed by atoms with E-state index in [1.54, 1.807) is 20.8 Å². The minimum atomic E-state index is -0.962. The van der Waals surface area contributed by atoms with Crippen LogP contribution < -0.4 is 10.6 Å². The van der Waals surface area contributed by atoms with Crippen LogP contribution in [0.5, 0.6) is 0 Å². The summed E-state index contributed by atoms with van der Waals surface area (Å²) in [6, 6.07) is 2.74. The molecule has 3 amide bonds. The summed E-state index contributed by atoms with van der Waals surface area (Å²) in [7, 11) is 0. The molecule has 1 fully saturated rings. The van der Waals surface area contributed by atoms with Crippen molar-refractivity contribution in [2.75, 3.05) is 0 Å². The quantitative estimate of drug-likeness (QED) is 0.723. The van der Waals surface area contributed by atoms with Crippen molar-refractivity contribution < 1.29 is 23.2 Å². The van der Waals surface area contributed by atoms with Gasteiger partial charge in [-0.15, -0.1) is 0 Å². The van der Waals surface area contributed by atoms with E-state index in [4.69, 9.17) is 16.0 Å². The van der Waals surface area contributed by atoms with Gasteiger partial charge < -0.3 is 9.73 Å². The molecular formula is C20H21ClFN3O4. The number of rotatable bonds is 5. The highest BCUT2D eigenvalue weighted by atomic mass is 35.5. The Labute approximate surface area is 172 Å². The molecule has 0 radical (unpaired) electrons. The number of aromatic nitrogens is 1. The zero-order valence-electron chi connectivity index (χ0n) is 16.3. The molecule has 1 atom stereocenters. The molecule has 1 aromatic carbocycles. The van der Waals surface area contributed by atoms with Crippen molar-refractivity contribution >= 4 is 29.3 Å². The maximum atomic E-state index is 14.7. The highest BCUT2D eigenvalue weighted by Gasteiger charge is 2.34.